The minimum Gasteiger partial charge on any atom is -0.392 e. The topological polar surface area (TPSA) is 121 Å². The van der Waals surface area contributed by atoms with Gasteiger partial charge in [0.2, 0.25) is 0 Å². The molecule has 24 heavy (non-hydrogen) atoms. The molecule has 0 aliphatic heterocycles. The molecule has 8 nitrogen and oxygen atoms in total. The van der Waals surface area contributed by atoms with Crippen LogP contribution in [0, 0.1) is 10.1 Å². The molecule has 8 heteroatoms. The van der Waals surface area contributed by atoms with E-state index in [9.17, 15) is 20.0 Å². The van der Waals surface area contributed by atoms with Gasteiger partial charge in [-0.1, -0.05) is 24.3 Å². The molecule has 0 bridgehead atoms. The van der Waals surface area contributed by atoms with Gasteiger partial charge in [0.15, 0.2) is 5.69 Å². The molecule has 1 aromatic heterocycles. The summed E-state index contributed by atoms with van der Waals surface area (Å²) in [6, 6.07) is 11.4. The summed E-state index contributed by atoms with van der Waals surface area (Å²) in [7, 11) is 0. The number of aromatic amines is 1. The first kappa shape index (κ1) is 15.6. The average Bonchev–Trinajstić information content (AvgIpc) is 3.03. The van der Waals surface area contributed by atoms with Gasteiger partial charge in [0.25, 0.3) is 11.6 Å². The van der Waals surface area contributed by atoms with Gasteiger partial charge in [-0.05, 0) is 17.2 Å². The minimum absolute atomic E-state index is 0.0928. The Balaban J connectivity index is 1.83. The Labute approximate surface area is 136 Å². The van der Waals surface area contributed by atoms with Crippen LogP contribution in [0.1, 0.15) is 21.6 Å². The molecule has 0 aliphatic rings. The quantitative estimate of drug-likeness (QED) is 0.488. The SMILES string of the molecule is O=C(NCc1ccccc1CO)c1n[nH]c2ccc([N+](=O)[O-])cc12. The number of H-pyrrole nitrogens is 1. The molecular weight excluding hydrogens is 312 g/mol. The van der Waals surface area contributed by atoms with Gasteiger partial charge in [0.1, 0.15) is 0 Å². The highest BCUT2D eigenvalue weighted by atomic mass is 16.6. The number of benzene rings is 2. The number of fused-ring (bicyclic) bond motifs is 1. The van der Waals surface area contributed by atoms with Crippen molar-refractivity contribution in [3.05, 3.63) is 69.4 Å². The second kappa shape index (κ2) is 6.47. The standard InChI is InChI=1S/C16H14N4O4/c21-9-11-4-2-1-3-10(11)8-17-16(22)15-13-7-12(20(23)24)5-6-14(13)18-19-15/h1-7,21H,8-9H2,(H,17,22)(H,18,19). The highest BCUT2D eigenvalue weighted by Gasteiger charge is 2.17. The zero-order valence-corrected chi connectivity index (χ0v) is 12.5. The molecule has 122 valence electrons. The van der Waals surface area contributed by atoms with Gasteiger partial charge in [-0.2, -0.15) is 5.10 Å². The molecule has 0 saturated carbocycles. The predicted molar refractivity (Wildman–Crippen MR) is 86.3 cm³/mol. The number of non-ortho nitro benzene ring substituents is 1. The lowest BCUT2D eigenvalue weighted by atomic mass is 10.1. The van der Waals surface area contributed by atoms with Gasteiger partial charge in [-0.15, -0.1) is 0 Å². The molecule has 3 rings (SSSR count). The van der Waals surface area contributed by atoms with Gasteiger partial charge in [-0.3, -0.25) is 20.0 Å². The van der Waals surface area contributed by atoms with Crippen molar-refractivity contribution >= 4 is 22.5 Å². The van der Waals surface area contributed by atoms with Crippen molar-refractivity contribution in [2.75, 3.05) is 0 Å². The monoisotopic (exact) mass is 326 g/mol. The van der Waals surface area contributed by atoms with Crippen molar-refractivity contribution in [1.29, 1.82) is 0 Å². The van der Waals surface area contributed by atoms with Crippen LogP contribution in [0.4, 0.5) is 5.69 Å². The van der Waals surface area contributed by atoms with E-state index >= 15 is 0 Å². The van der Waals surface area contributed by atoms with Crippen molar-refractivity contribution < 1.29 is 14.8 Å². The number of rotatable bonds is 5. The highest BCUT2D eigenvalue weighted by molar-refractivity contribution is 6.05. The molecule has 1 heterocycles. The Bertz CT molecular complexity index is 919. The van der Waals surface area contributed by atoms with Crippen LogP contribution in [0.5, 0.6) is 0 Å². The van der Waals surface area contributed by atoms with E-state index < -0.39 is 10.8 Å². The van der Waals surface area contributed by atoms with E-state index in [1.165, 1.54) is 18.2 Å². The zero-order valence-electron chi connectivity index (χ0n) is 12.5. The van der Waals surface area contributed by atoms with Gasteiger partial charge in [-0.25, -0.2) is 0 Å². The van der Waals surface area contributed by atoms with Crippen LogP contribution in [-0.4, -0.2) is 26.1 Å². The van der Waals surface area contributed by atoms with E-state index in [1.807, 2.05) is 6.07 Å². The molecule has 0 saturated heterocycles. The number of amides is 1. The maximum Gasteiger partial charge on any atom is 0.272 e. The Morgan fingerprint density at radius 2 is 2.00 bits per heavy atom. The molecule has 0 fully saturated rings. The fourth-order valence-corrected chi connectivity index (χ4v) is 2.43. The van der Waals surface area contributed by atoms with E-state index in [0.29, 0.717) is 10.9 Å². The van der Waals surface area contributed by atoms with E-state index in [-0.39, 0.29) is 24.5 Å². The normalized spacial score (nSPS) is 10.7. The number of nitrogens with zero attached hydrogens (tertiary/aromatic N) is 2. The maximum absolute atomic E-state index is 12.3. The molecule has 0 radical (unpaired) electrons. The van der Waals surface area contributed by atoms with E-state index in [0.717, 1.165) is 11.1 Å². The Morgan fingerprint density at radius 1 is 1.25 bits per heavy atom. The Morgan fingerprint density at radius 3 is 2.71 bits per heavy atom. The first-order valence-electron chi connectivity index (χ1n) is 7.18. The average molecular weight is 326 g/mol. The van der Waals surface area contributed by atoms with Crippen LogP contribution >= 0.6 is 0 Å². The third-order valence-electron chi connectivity index (χ3n) is 3.70. The smallest absolute Gasteiger partial charge is 0.272 e. The Hall–Kier alpha value is -3.26. The molecule has 2 aromatic carbocycles. The third-order valence-corrected chi connectivity index (χ3v) is 3.70. The first-order chi connectivity index (χ1) is 11.6. The molecule has 0 spiro atoms. The first-order valence-corrected chi connectivity index (χ1v) is 7.18. The number of hydrogen-bond acceptors (Lipinski definition) is 5. The van der Waals surface area contributed by atoms with E-state index in [1.54, 1.807) is 18.2 Å². The summed E-state index contributed by atoms with van der Waals surface area (Å²) in [5, 5.41) is 29.9. The van der Waals surface area contributed by atoms with Crippen LogP contribution < -0.4 is 5.32 Å². The van der Waals surface area contributed by atoms with Crippen LogP contribution in [0.2, 0.25) is 0 Å². The number of nitro groups is 1. The molecule has 0 unspecified atom stereocenters. The number of carbonyl (C=O) groups is 1. The lowest BCUT2D eigenvalue weighted by molar-refractivity contribution is -0.384. The summed E-state index contributed by atoms with van der Waals surface area (Å²) in [4.78, 5) is 22.7. The maximum atomic E-state index is 12.3. The number of carbonyl (C=O) groups excluding carboxylic acids is 1. The van der Waals surface area contributed by atoms with Crippen molar-refractivity contribution in [3.63, 3.8) is 0 Å². The van der Waals surface area contributed by atoms with E-state index in [2.05, 4.69) is 15.5 Å². The fraction of sp³-hybridized carbons (Fsp3) is 0.125. The summed E-state index contributed by atoms with van der Waals surface area (Å²) in [5.41, 5.74) is 2.04. The second-order valence-corrected chi connectivity index (χ2v) is 5.17. The summed E-state index contributed by atoms with van der Waals surface area (Å²) < 4.78 is 0. The third kappa shape index (κ3) is 2.95. The molecule has 1 amide bonds. The molecular formula is C16H14N4O4. The largest absolute Gasteiger partial charge is 0.392 e. The number of aliphatic hydroxyl groups excluding tert-OH is 1. The molecule has 3 aromatic rings. The lowest BCUT2D eigenvalue weighted by Crippen LogP contribution is -2.24. The Kier molecular flexibility index (Phi) is 4.21. The van der Waals surface area contributed by atoms with Crippen molar-refractivity contribution in [1.82, 2.24) is 15.5 Å². The fourth-order valence-electron chi connectivity index (χ4n) is 2.43. The van der Waals surface area contributed by atoms with Crippen LogP contribution in [0.25, 0.3) is 10.9 Å². The van der Waals surface area contributed by atoms with Gasteiger partial charge < -0.3 is 10.4 Å². The highest BCUT2D eigenvalue weighted by Crippen LogP contribution is 2.22. The van der Waals surface area contributed by atoms with E-state index in [4.69, 9.17) is 0 Å². The van der Waals surface area contributed by atoms with Gasteiger partial charge >= 0.3 is 0 Å². The number of nitrogens with one attached hydrogen (secondary N) is 2. The number of nitro benzene ring substituents is 1. The van der Waals surface area contributed by atoms with Crippen molar-refractivity contribution in [3.8, 4) is 0 Å². The molecule has 0 aliphatic carbocycles. The number of aliphatic hydroxyl groups is 1. The second-order valence-electron chi connectivity index (χ2n) is 5.17. The predicted octanol–water partition coefficient (Wildman–Crippen LogP) is 1.89. The summed E-state index contributed by atoms with van der Waals surface area (Å²) in [6.07, 6.45) is 0. The van der Waals surface area contributed by atoms with Crippen LogP contribution in [0.3, 0.4) is 0 Å². The van der Waals surface area contributed by atoms with Crippen molar-refractivity contribution in [2.24, 2.45) is 0 Å². The molecule has 0 atom stereocenters. The molecule has 3 N–H and O–H groups in total. The minimum atomic E-state index is -0.522. The lowest BCUT2D eigenvalue weighted by Gasteiger charge is -2.08. The zero-order chi connectivity index (χ0) is 17.1. The number of aromatic nitrogens is 2. The van der Waals surface area contributed by atoms with Gasteiger partial charge in [0.05, 0.1) is 17.0 Å². The van der Waals surface area contributed by atoms with Crippen LogP contribution in [0.15, 0.2) is 42.5 Å². The number of hydrogen-bond donors (Lipinski definition) is 3. The summed E-state index contributed by atoms with van der Waals surface area (Å²) in [6.45, 7) is 0.0996. The van der Waals surface area contributed by atoms with Gasteiger partial charge in [0, 0.05) is 24.1 Å². The van der Waals surface area contributed by atoms with Crippen LogP contribution in [-0.2, 0) is 13.2 Å². The van der Waals surface area contributed by atoms with Crippen molar-refractivity contribution in [2.45, 2.75) is 13.2 Å². The summed E-state index contributed by atoms with van der Waals surface area (Å²) >= 11 is 0. The summed E-state index contributed by atoms with van der Waals surface area (Å²) in [5.74, 6) is -0.450.